The summed E-state index contributed by atoms with van der Waals surface area (Å²) in [7, 11) is 1.48. The molecular formula is C17H25F3N2O3. The molecule has 1 aromatic rings. The molecule has 0 aromatic heterocycles. The van der Waals surface area contributed by atoms with Crippen molar-refractivity contribution < 1.29 is 27.8 Å². The molecule has 8 heteroatoms. The summed E-state index contributed by atoms with van der Waals surface area (Å²) >= 11 is 0. The maximum Gasteiger partial charge on any atom is 0.573 e. The molecule has 0 aliphatic carbocycles. The van der Waals surface area contributed by atoms with Gasteiger partial charge in [-0.15, -0.1) is 13.2 Å². The highest BCUT2D eigenvalue weighted by Crippen LogP contribution is 2.43. The van der Waals surface area contributed by atoms with E-state index in [0.29, 0.717) is 11.3 Å². The molecule has 1 aromatic carbocycles. The van der Waals surface area contributed by atoms with E-state index in [1.807, 2.05) is 13.8 Å². The highest BCUT2D eigenvalue weighted by molar-refractivity contribution is 5.43. The van der Waals surface area contributed by atoms with Crippen LogP contribution in [-0.2, 0) is 0 Å². The van der Waals surface area contributed by atoms with Gasteiger partial charge in [-0.05, 0) is 18.2 Å². The van der Waals surface area contributed by atoms with Crippen molar-refractivity contribution in [3.05, 3.63) is 23.8 Å². The van der Waals surface area contributed by atoms with Crippen LogP contribution >= 0.6 is 0 Å². The van der Waals surface area contributed by atoms with E-state index in [1.165, 1.54) is 25.3 Å². The van der Waals surface area contributed by atoms with Gasteiger partial charge < -0.3 is 19.9 Å². The number of benzene rings is 1. The number of aliphatic hydroxyl groups is 1. The number of halogens is 3. The second kappa shape index (κ2) is 7.80. The Hall–Kier alpha value is -1.51. The lowest BCUT2D eigenvalue weighted by atomic mass is 9.79. The number of rotatable bonds is 6. The Balaban J connectivity index is 2.48. The van der Waals surface area contributed by atoms with Gasteiger partial charge in [-0.3, -0.25) is 4.90 Å². The third-order valence-electron chi connectivity index (χ3n) is 4.39. The van der Waals surface area contributed by atoms with Crippen molar-refractivity contribution in [3.8, 4) is 11.5 Å². The minimum Gasteiger partial charge on any atom is -0.496 e. The van der Waals surface area contributed by atoms with Crippen LogP contribution in [0.15, 0.2) is 18.2 Å². The first-order chi connectivity index (χ1) is 11.7. The van der Waals surface area contributed by atoms with Crippen molar-refractivity contribution in [1.82, 2.24) is 10.2 Å². The number of ether oxygens (including phenoxy) is 2. The molecule has 0 radical (unpaired) electrons. The van der Waals surface area contributed by atoms with Gasteiger partial charge in [0.2, 0.25) is 0 Å². The normalized spacial score (nSPS) is 18.0. The molecule has 1 fully saturated rings. The summed E-state index contributed by atoms with van der Waals surface area (Å²) < 4.78 is 47.3. The number of aliphatic hydroxyl groups excluding tert-OH is 1. The van der Waals surface area contributed by atoms with Crippen LogP contribution in [-0.4, -0.2) is 56.3 Å². The highest BCUT2D eigenvalue weighted by atomic mass is 19.4. The zero-order valence-electron chi connectivity index (χ0n) is 14.7. The molecular weight excluding hydrogens is 337 g/mol. The van der Waals surface area contributed by atoms with Gasteiger partial charge in [-0.2, -0.15) is 0 Å². The first kappa shape index (κ1) is 19.8. The predicted octanol–water partition coefficient (Wildman–Crippen LogP) is 2.56. The van der Waals surface area contributed by atoms with Gasteiger partial charge in [0.1, 0.15) is 11.5 Å². The zero-order valence-corrected chi connectivity index (χ0v) is 14.7. The molecule has 1 heterocycles. The molecule has 0 saturated carbocycles. The van der Waals surface area contributed by atoms with Crippen molar-refractivity contribution in [2.45, 2.75) is 26.3 Å². The van der Waals surface area contributed by atoms with Crippen molar-refractivity contribution in [3.63, 3.8) is 0 Å². The van der Waals surface area contributed by atoms with E-state index in [2.05, 4.69) is 15.0 Å². The van der Waals surface area contributed by atoms with Gasteiger partial charge in [0.05, 0.1) is 7.11 Å². The molecule has 5 nitrogen and oxygen atoms in total. The Bertz CT molecular complexity index is 573. The van der Waals surface area contributed by atoms with Crippen LogP contribution in [0.25, 0.3) is 0 Å². The monoisotopic (exact) mass is 362 g/mol. The van der Waals surface area contributed by atoms with E-state index < -0.39 is 11.8 Å². The summed E-state index contributed by atoms with van der Waals surface area (Å²) in [5.74, 6) is 0.178. The van der Waals surface area contributed by atoms with Crippen LogP contribution in [0.2, 0.25) is 0 Å². The minimum atomic E-state index is -4.76. The number of alkyl halides is 3. The van der Waals surface area contributed by atoms with E-state index in [-0.39, 0.29) is 18.4 Å². The summed E-state index contributed by atoms with van der Waals surface area (Å²) in [5.41, 5.74) is -0.00761. The lowest BCUT2D eigenvalue weighted by Crippen LogP contribution is -2.49. The topological polar surface area (TPSA) is 54.0 Å². The average molecular weight is 362 g/mol. The smallest absolute Gasteiger partial charge is 0.496 e. The lowest BCUT2D eigenvalue weighted by Gasteiger charge is -2.43. The molecule has 25 heavy (non-hydrogen) atoms. The second-order valence-corrected chi connectivity index (χ2v) is 6.79. The molecule has 2 rings (SSSR count). The number of hydrogen-bond donors (Lipinski definition) is 2. The van der Waals surface area contributed by atoms with E-state index in [9.17, 15) is 18.3 Å². The number of methoxy groups -OCH3 is 1. The molecule has 1 saturated heterocycles. The molecule has 1 atom stereocenters. The Morgan fingerprint density at radius 2 is 1.88 bits per heavy atom. The van der Waals surface area contributed by atoms with E-state index in [0.717, 1.165) is 26.2 Å². The maximum atomic E-state index is 12.6. The van der Waals surface area contributed by atoms with Gasteiger partial charge in [-0.25, -0.2) is 0 Å². The van der Waals surface area contributed by atoms with Crippen LogP contribution in [0, 0.1) is 5.41 Å². The number of piperazine rings is 1. The summed E-state index contributed by atoms with van der Waals surface area (Å²) in [6.07, 6.45) is -4.76. The van der Waals surface area contributed by atoms with Crippen molar-refractivity contribution in [2.24, 2.45) is 5.41 Å². The first-order valence-corrected chi connectivity index (χ1v) is 8.17. The van der Waals surface area contributed by atoms with Gasteiger partial charge >= 0.3 is 6.36 Å². The fourth-order valence-electron chi connectivity index (χ4n) is 3.26. The minimum absolute atomic E-state index is 0.116. The summed E-state index contributed by atoms with van der Waals surface area (Å²) in [6, 6.07) is 3.75. The van der Waals surface area contributed by atoms with Crippen molar-refractivity contribution in [1.29, 1.82) is 0 Å². The SMILES string of the molecule is COc1ccc(OC(F)(F)F)cc1[C@H](N1CCNCC1)C(C)(C)CO. The van der Waals surface area contributed by atoms with Gasteiger partial charge in [-0.1, -0.05) is 13.8 Å². The molecule has 0 amide bonds. The summed E-state index contributed by atoms with van der Waals surface area (Å²) in [4.78, 5) is 2.15. The van der Waals surface area contributed by atoms with Gasteiger partial charge in [0, 0.05) is 49.8 Å². The first-order valence-electron chi connectivity index (χ1n) is 8.17. The van der Waals surface area contributed by atoms with E-state index >= 15 is 0 Å². The molecule has 142 valence electrons. The number of nitrogens with zero attached hydrogens (tertiary/aromatic N) is 1. The van der Waals surface area contributed by atoms with Crippen LogP contribution in [0.3, 0.4) is 0 Å². The molecule has 0 bridgehead atoms. The quantitative estimate of drug-likeness (QED) is 0.815. The maximum absolute atomic E-state index is 12.6. The van der Waals surface area contributed by atoms with E-state index in [4.69, 9.17) is 4.74 Å². The third-order valence-corrected chi connectivity index (χ3v) is 4.39. The van der Waals surface area contributed by atoms with Crippen molar-refractivity contribution in [2.75, 3.05) is 39.9 Å². The fraction of sp³-hybridized carbons (Fsp3) is 0.647. The summed E-state index contributed by atoms with van der Waals surface area (Å²) in [5, 5.41) is 13.1. The van der Waals surface area contributed by atoms with Crippen LogP contribution in [0.5, 0.6) is 11.5 Å². The third kappa shape index (κ3) is 4.99. The lowest BCUT2D eigenvalue weighted by molar-refractivity contribution is -0.274. The molecule has 1 aliphatic rings. The molecule has 2 N–H and O–H groups in total. The number of hydrogen-bond acceptors (Lipinski definition) is 5. The van der Waals surface area contributed by atoms with Crippen LogP contribution in [0.1, 0.15) is 25.5 Å². The Kier molecular flexibility index (Phi) is 6.18. The summed E-state index contributed by atoms with van der Waals surface area (Å²) in [6.45, 7) is 6.66. The van der Waals surface area contributed by atoms with Gasteiger partial charge in [0.25, 0.3) is 0 Å². The second-order valence-electron chi connectivity index (χ2n) is 6.79. The molecule has 0 spiro atoms. The van der Waals surface area contributed by atoms with Crippen molar-refractivity contribution >= 4 is 0 Å². The average Bonchev–Trinajstić information content (AvgIpc) is 2.55. The number of nitrogens with one attached hydrogen (secondary N) is 1. The Morgan fingerprint density at radius 3 is 2.40 bits per heavy atom. The Labute approximate surface area is 145 Å². The fourth-order valence-corrected chi connectivity index (χ4v) is 3.26. The van der Waals surface area contributed by atoms with Crippen LogP contribution < -0.4 is 14.8 Å². The standard InChI is InChI=1S/C17H25F3N2O3/c1-16(2,11-23)15(22-8-6-21-7-9-22)13-10-12(25-17(18,19)20)4-5-14(13)24-3/h4-5,10,15,21,23H,6-9,11H2,1-3H3/t15-/m0/s1. The Morgan fingerprint density at radius 1 is 1.24 bits per heavy atom. The molecule has 1 aliphatic heterocycles. The predicted molar refractivity (Wildman–Crippen MR) is 87.7 cm³/mol. The highest BCUT2D eigenvalue weighted by Gasteiger charge is 2.38. The van der Waals surface area contributed by atoms with Gasteiger partial charge in [0.15, 0.2) is 0 Å². The zero-order chi connectivity index (χ0) is 18.7. The van der Waals surface area contributed by atoms with E-state index in [1.54, 1.807) is 0 Å². The molecule has 0 unspecified atom stereocenters. The van der Waals surface area contributed by atoms with Crippen LogP contribution in [0.4, 0.5) is 13.2 Å². The largest absolute Gasteiger partial charge is 0.573 e.